The van der Waals surface area contributed by atoms with Crippen molar-refractivity contribution in [1.82, 2.24) is 4.90 Å². The molecule has 104 valence electrons. The molecule has 2 nitrogen and oxygen atoms in total. The van der Waals surface area contributed by atoms with Crippen molar-refractivity contribution in [2.75, 3.05) is 6.54 Å². The van der Waals surface area contributed by atoms with Gasteiger partial charge in [0, 0.05) is 12.1 Å². The minimum Gasteiger partial charge on any atom is -0.326 e. The summed E-state index contributed by atoms with van der Waals surface area (Å²) in [5, 5.41) is 0. The highest BCUT2D eigenvalue weighted by Crippen LogP contribution is 2.30. The van der Waals surface area contributed by atoms with E-state index in [1.807, 2.05) is 0 Å². The highest BCUT2D eigenvalue weighted by molar-refractivity contribution is 4.88. The Hall–Kier alpha value is -0.500. The summed E-state index contributed by atoms with van der Waals surface area (Å²) in [4.78, 5) is 0.324. The molecule has 0 aliphatic carbocycles. The van der Waals surface area contributed by atoms with E-state index in [1.54, 1.807) is 0 Å². The van der Waals surface area contributed by atoms with Gasteiger partial charge in [-0.2, -0.15) is 26.3 Å². The maximum Gasteiger partial charge on any atom is 0.405 e. The first-order chi connectivity index (χ1) is 7.36. The van der Waals surface area contributed by atoms with Gasteiger partial charge in [0.05, 0.1) is 6.54 Å². The molecule has 8 heteroatoms. The average molecular weight is 266 g/mol. The molecule has 17 heavy (non-hydrogen) atoms. The van der Waals surface area contributed by atoms with E-state index in [9.17, 15) is 26.3 Å². The fourth-order valence-electron chi connectivity index (χ4n) is 1.60. The van der Waals surface area contributed by atoms with E-state index in [0.717, 1.165) is 6.92 Å². The lowest BCUT2D eigenvalue weighted by Crippen LogP contribution is -2.59. The smallest absolute Gasteiger partial charge is 0.326 e. The van der Waals surface area contributed by atoms with Gasteiger partial charge in [-0.05, 0) is 20.8 Å². The summed E-state index contributed by atoms with van der Waals surface area (Å²) in [5.74, 6) is 0. The van der Waals surface area contributed by atoms with Crippen LogP contribution in [0, 0.1) is 0 Å². The number of nitrogens with two attached hydrogens (primary N) is 1. The predicted octanol–water partition coefficient (Wildman–Crippen LogP) is 2.54. The van der Waals surface area contributed by atoms with Crippen LogP contribution in [0.15, 0.2) is 0 Å². The first-order valence-corrected chi connectivity index (χ1v) is 5.01. The van der Waals surface area contributed by atoms with Crippen LogP contribution in [0.1, 0.15) is 20.8 Å². The molecule has 0 rings (SSSR count). The quantitative estimate of drug-likeness (QED) is 0.792. The zero-order valence-corrected chi connectivity index (χ0v) is 9.73. The number of halogens is 6. The molecule has 0 saturated heterocycles. The Morgan fingerprint density at radius 2 is 1.41 bits per heavy atom. The van der Waals surface area contributed by atoms with Crippen LogP contribution < -0.4 is 5.73 Å². The standard InChI is InChI=1S/C9H16F6N2/c1-5(2)17(4-8(10,11)12)7(6(3)16)9(13,14)15/h5-7H,4,16H2,1-3H3. The monoisotopic (exact) mass is 266 g/mol. The molecule has 2 atom stereocenters. The Morgan fingerprint density at radius 1 is 1.00 bits per heavy atom. The second kappa shape index (κ2) is 5.43. The Morgan fingerprint density at radius 3 is 1.59 bits per heavy atom. The third kappa shape index (κ3) is 5.58. The largest absolute Gasteiger partial charge is 0.405 e. The normalized spacial score (nSPS) is 17.6. The number of hydrogen-bond acceptors (Lipinski definition) is 2. The SMILES string of the molecule is CC(N)C(N(CC(F)(F)F)C(C)C)C(F)(F)F. The zero-order chi connectivity index (χ0) is 14.0. The molecule has 2 N–H and O–H groups in total. The molecule has 0 amide bonds. The van der Waals surface area contributed by atoms with Crippen LogP contribution in [-0.2, 0) is 0 Å². The summed E-state index contributed by atoms with van der Waals surface area (Å²) in [7, 11) is 0. The lowest BCUT2D eigenvalue weighted by atomic mass is 10.1. The van der Waals surface area contributed by atoms with Crippen LogP contribution in [0.4, 0.5) is 26.3 Å². The molecule has 0 aliphatic heterocycles. The molecule has 0 aromatic carbocycles. The number of nitrogens with zero attached hydrogens (tertiary/aromatic N) is 1. The highest BCUT2D eigenvalue weighted by Gasteiger charge is 2.49. The summed E-state index contributed by atoms with van der Waals surface area (Å²) in [6.45, 7) is 1.96. The molecule has 2 unspecified atom stereocenters. The number of rotatable bonds is 4. The van der Waals surface area contributed by atoms with E-state index in [4.69, 9.17) is 5.73 Å². The third-order valence-electron chi connectivity index (χ3n) is 2.22. The molecule has 0 heterocycles. The molecular formula is C9H16F6N2. The Balaban J connectivity index is 5.13. The number of hydrogen-bond donors (Lipinski definition) is 1. The van der Waals surface area contributed by atoms with E-state index < -0.39 is 37.0 Å². The minimum atomic E-state index is -4.79. The lowest BCUT2D eigenvalue weighted by molar-refractivity contribution is -0.218. The summed E-state index contributed by atoms with van der Waals surface area (Å²) >= 11 is 0. The summed E-state index contributed by atoms with van der Waals surface area (Å²) in [6, 6.07) is -4.64. The van der Waals surface area contributed by atoms with Crippen molar-refractivity contribution in [3.05, 3.63) is 0 Å². The molecule has 0 fully saturated rings. The van der Waals surface area contributed by atoms with Crippen molar-refractivity contribution in [3.63, 3.8) is 0 Å². The van der Waals surface area contributed by atoms with Gasteiger partial charge in [-0.1, -0.05) is 0 Å². The Labute approximate surface area is 95.8 Å². The van der Waals surface area contributed by atoms with Gasteiger partial charge < -0.3 is 5.73 Å². The highest BCUT2D eigenvalue weighted by atomic mass is 19.4. The van der Waals surface area contributed by atoms with E-state index in [-0.39, 0.29) is 0 Å². The molecule has 0 aromatic heterocycles. The van der Waals surface area contributed by atoms with Gasteiger partial charge in [0.1, 0.15) is 6.04 Å². The van der Waals surface area contributed by atoms with Crippen molar-refractivity contribution in [2.45, 2.75) is 51.2 Å². The van der Waals surface area contributed by atoms with Crippen LogP contribution in [0.3, 0.4) is 0 Å². The second-order valence-corrected chi connectivity index (χ2v) is 4.23. The first-order valence-electron chi connectivity index (χ1n) is 5.01. The van der Waals surface area contributed by atoms with Crippen molar-refractivity contribution in [3.8, 4) is 0 Å². The van der Waals surface area contributed by atoms with Crippen LogP contribution >= 0.6 is 0 Å². The van der Waals surface area contributed by atoms with Crippen LogP contribution in [0.5, 0.6) is 0 Å². The van der Waals surface area contributed by atoms with Gasteiger partial charge in [-0.15, -0.1) is 0 Å². The van der Waals surface area contributed by atoms with Crippen LogP contribution in [0.2, 0.25) is 0 Å². The lowest BCUT2D eigenvalue weighted by Gasteiger charge is -2.38. The van der Waals surface area contributed by atoms with Crippen LogP contribution in [0.25, 0.3) is 0 Å². The van der Waals surface area contributed by atoms with Crippen molar-refractivity contribution >= 4 is 0 Å². The molecule has 0 saturated carbocycles. The van der Waals surface area contributed by atoms with E-state index >= 15 is 0 Å². The number of alkyl halides is 6. The average Bonchev–Trinajstić information content (AvgIpc) is 1.96. The van der Waals surface area contributed by atoms with E-state index in [2.05, 4.69) is 0 Å². The van der Waals surface area contributed by atoms with Crippen molar-refractivity contribution in [1.29, 1.82) is 0 Å². The zero-order valence-electron chi connectivity index (χ0n) is 9.73. The minimum absolute atomic E-state index is 0.324. The second-order valence-electron chi connectivity index (χ2n) is 4.23. The Bertz CT molecular complexity index is 233. The van der Waals surface area contributed by atoms with Gasteiger partial charge >= 0.3 is 12.4 Å². The molecule has 0 spiro atoms. The van der Waals surface area contributed by atoms with Gasteiger partial charge in [-0.25, -0.2) is 0 Å². The summed E-state index contributed by atoms with van der Waals surface area (Å²) in [6.07, 6.45) is -9.48. The predicted molar refractivity (Wildman–Crippen MR) is 51.4 cm³/mol. The van der Waals surface area contributed by atoms with Crippen molar-refractivity contribution in [2.24, 2.45) is 5.73 Å². The van der Waals surface area contributed by atoms with Gasteiger partial charge in [0.25, 0.3) is 0 Å². The van der Waals surface area contributed by atoms with E-state index in [1.165, 1.54) is 13.8 Å². The van der Waals surface area contributed by atoms with Gasteiger partial charge in [-0.3, -0.25) is 4.90 Å². The maximum absolute atomic E-state index is 12.7. The fourth-order valence-corrected chi connectivity index (χ4v) is 1.60. The van der Waals surface area contributed by atoms with Gasteiger partial charge in [0.2, 0.25) is 0 Å². The molecule has 0 aromatic rings. The molecule has 0 bridgehead atoms. The topological polar surface area (TPSA) is 29.3 Å². The maximum atomic E-state index is 12.7. The molecular weight excluding hydrogens is 250 g/mol. The first kappa shape index (κ1) is 16.5. The fraction of sp³-hybridized carbons (Fsp3) is 1.00. The van der Waals surface area contributed by atoms with Gasteiger partial charge in [0.15, 0.2) is 0 Å². The Kier molecular flexibility index (Phi) is 5.27. The van der Waals surface area contributed by atoms with Crippen molar-refractivity contribution < 1.29 is 26.3 Å². The third-order valence-corrected chi connectivity index (χ3v) is 2.22. The summed E-state index contributed by atoms with van der Waals surface area (Å²) in [5.41, 5.74) is 5.15. The summed E-state index contributed by atoms with van der Waals surface area (Å²) < 4.78 is 74.7. The van der Waals surface area contributed by atoms with E-state index in [0.29, 0.717) is 4.90 Å². The molecule has 0 radical (unpaired) electrons. The van der Waals surface area contributed by atoms with Crippen LogP contribution in [-0.4, -0.2) is 41.9 Å². The molecule has 0 aliphatic rings.